The van der Waals surface area contributed by atoms with Crippen molar-refractivity contribution in [3.63, 3.8) is 0 Å². The smallest absolute Gasteiger partial charge is 0.308 e. The molecule has 2 bridgehead atoms. The lowest BCUT2D eigenvalue weighted by Gasteiger charge is -2.54. The minimum atomic E-state index is -4.40. The van der Waals surface area contributed by atoms with Crippen LogP contribution in [0.3, 0.4) is 0 Å². The second-order valence-corrected chi connectivity index (χ2v) is 10.5. The Labute approximate surface area is 205 Å². The van der Waals surface area contributed by atoms with Crippen LogP contribution in [0.1, 0.15) is 56.2 Å². The van der Waals surface area contributed by atoms with Crippen molar-refractivity contribution in [2.75, 3.05) is 18.1 Å². The Morgan fingerprint density at radius 1 is 1.09 bits per heavy atom. The number of anilines is 1. The monoisotopic (exact) mass is 538 g/mol. The minimum Gasteiger partial charge on any atom is -0.308 e. The van der Waals surface area contributed by atoms with Crippen LogP contribution in [0.2, 0.25) is 0 Å². The molecule has 1 heterocycles. The van der Waals surface area contributed by atoms with E-state index in [1.165, 1.54) is 6.07 Å². The van der Waals surface area contributed by atoms with Gasteiger partial charge in [-0.25, -0.2) is 0 Å². The largest absolute Gasteiger partial charge is 0.417 e. The van der Waals surface area contributed by atoms with Crippen LogP contribution in [0, 0.1) is 5.41 Å². The predicted molar refractivity (Wildman–Crippen MR) is 127 cm³/mol. The van der Waals surface area contributed by atoms with E-state index in [0.717, 1.165) is 66.6 Å². The zero-order valence-corrected chi connectivity index (χ0v) is 20.4. The van der Waals surface area contributed by atoms with Crippen LogP contribution in [0.15, 0.2) is 59.2 Å². The first-order valence-corrected chi connectivity index (χ1v) is 12.2. The van der Waals surface area contributed by atoms with Crippen LogP contribution in [-0.4, -0.2) is 24.1 Å². The number of nitrogens with zero attached hydrogens (tertiary/aromatic N) is 2. The van der Waals surface area contributed by atoms with E-state index >= 15 is 0 Å². The molecule has 3 nitrogen and oxygen atoms in total. The molecule has 8 heteroatoms. The zero-order valence-electron chi connectivity index (χ0n) is 18.8. The van der Waals surface area contributed by atoms with Crippen LogP contribution in [-0.2, 0) is 16.4 Å². The van der Waals surface area contributed by atoms with Crippen molar-refractivity contribution in [1.29, 1.82) is 0 Å². The zero-order chi connectivity index (χ0) is 24.6. The summed E-state index contributed by atoms with van der Waals surface area (Å²) in [6.45, 7) is 3.68. The first-order valence-electron chi connectivity index (χ1n) is 11.4. The molecule has 0 radical (unpaired) electrons. The van der Waals surface area contributed by atoms with Gasteiger partial charge in [0.2, 0.25) is 0 Å². The third kappa shape index (κ3) is 4.92. The molecule has 3 fully saturated rings. The maximum atomic E-state index is 13.2. The van der Waals surface area contributed by atoms with Gasteiger partial charge in [-0.2, -0.15) is 13.2 Å². The number of hydrogen-bond acceptors (Lipinski definition) is 2. The maximum absolute atomic E-state index is 13.2. The minimum absolute atomic E-state index is 0.000954. The van der Waals surface area contributed by atoms with Crippen molar-refractivity contribution >= 4 is 27.5 Å². The highest BCUT2D eigenvalue weighted by Gasteiger charge is 2.51. The van der Waals surface area contributed by atoms with Gasteiger partial charge in [-0.15, -0.1) is 0 Å². The fourth-order valence-electron chi connectivity index (χ4n) is 5.43. The van der Waals surface area contributed by atoms with E-state index in [1.54, 1.807) is 4.90 Å². The normalized spacial score (nSPS) is 24.1. The first kappa shape index (κ1) is 24.9. The summed E-state index contributed by atoms with van der Waals surface area (Å²) in [4.78, 5) is 19.2. The molecular weight excluding hydrogens is 512 g/mol. The third-order valence-electron chi connectivity index (χ3n) is 7.59. The molecule has 0 atom stereocenters. The molecule has 2 aromatic rings. The number of carbonyl (C=O) groups is 1. The molecule has 1 aromatic carbocycles. The van der Waals surface area contributed by atoms with E-state index in [4.69, 9.17) is 0 Å². The fourth-order valence-corrected chi connectivity index (χ4v) is 5.82. The fraction of sp³-hybridized carbons (Fsp3) is 0.462. The summed E-state index contributed by atoms with van der Waals surface area (Å²) in [5.74, 6) is -0.267. The van der Waals surface area contributed by atoms with Crippen LogP contribution >= 0.6 is 15.9 Å². The van der Waals surface area contributed by atoms with Crippen molar-refractivity contribution in [1.82, 2.24) is 4.98 Å². The highest BCUT2D eigenvalue weighted by molar-refractivity contribution is 9.10. The van der Waals surface area contributed by atoms with Gasteiger partial charge in [0.05, 0.1) is 12.2 Å². The Bertz CT molecular complexity index is 1040. The topological polar surface area (TPSA) is 33.2 Å². The molecule has 5 rings (SSSR count). The number of pyridine rings is 1. The molecule has 182 valence electrons. The third-order valence-corrected chi connectivity index (χ3v) is 8.09. The van der Waals surface area contributed by atoms with Gasteiger partial charge in [0.15, 0.2) is 0 Å². The lowest BCUT2D eigenvalue weighted by molar-refractivity contribution is -0.137. The molecule has 3 aliphatic rings. The van der Waals surface area contributed by atoms with E-state index in [2.05, 4.69) is 27.5 Å². The molecule has 3 saturated carbocycles. The highest BCUT2D eigenvalue weighted by atomic mass is 79.9. The van der Waals surface area contributed by atoms with Crippen molar-refractivity contribution < 1.29 is 22.4 Å². The SMILES string of the molecule is C=C(CCF)C(=O)N(CC12CCC(c3ccc(C(F)(F)F)cn3)(CC1)CC2)c1cccc(Br)c1. The standard InChI is InChI=1S/C26H27BrF4N2O/c1-18(7-14-28)23(34)33(21-4-2-3-20(27)15-21)17-24-8-11-25(12-9-24,13-10-24)22-6-5-19(16-32-22)26(29,30)31/h2-6,15-16H,1,7-14,17H2. The number of amides is 1. The second kappa shape index (κ2) is 9.44. The predicted octanol–water partition coefficient (Wildman–Crippen LogP) is 7.40. The molecule has 1 amide bonds. The van der Waals surface area contributed by atoms with Gasteiger partial charge in [0, 0.05) is 46.0 Å². The molecule has 0 spiro atoms. The van der Waals surface area contributed by atoms with E-state index in [0.29, 0.717) is 6.54 Å². The second-order valence-electron chi connectivity index (χ2n) is 9.62. The number of halogens is 5. The number of rotatable bonds is 7. The number of hydrogen-bond donors (Lipinski definition) is 0. The van der Waals surface area contributed by atoms with Crippen molar-refractivity contribution in [3.05, 3.63) is 70.5 Å². The van der Waals surface area contributed by atoms with Crippen molar-refractivity contribution in [2.24, 2.45) is 5.41 Å². The van der Waals surface area contributed by atoms with Crippen LogP contribution in [0.5, 0.6) is 0 Å². The van der Waals surface area contributed by atoms with Gasteiger partial charge >= 0.3 is 6.18 Å². The van der Waals surface area contributed by atoms with Gasteiger partial charge < -0.3 is 4.90 Å². The quantitative estimate of drug-likeness (QED) is 0.271. The first-order chi connectivity index (χ1) is 16.1. The Balaban J connectivity index is 1.54. The van der Waals surface area contributed by atoms with Crippen molar-refractivity contribution in [2.45, 2.75) is 56.5 Å². The summed E-state index contributed by atoms with van der Waals surface area (Å²) in [7, 11) is 0. The van der Waals surface area contributed by atoms with Crippen LogP contribution in [0.4, 0.5) is 23.2 Å². The number of alkyl halides is 4. The summed E-state index contributed by atoms with van der Waals surface area (Å²) < 4.78 is 52.6. The average Bonchev–Trinajstić information content (AvgIpc) is 2.83. The van der Waals surface area contributed by atoms with Gasteiger partial charge in [-0.05, 0) is 74.3 Å². The Morgan fingerprint density at radius 2 is 1.76 bits per heavy atom. The molecule has 0 aliphatic heterocycles. The molecule has 0 saturated heterocycles. The van der Waals surface area contributed by atoms with E-state index in [9.17, 15) is 22.4 Å². The van der Waals surface area contributed by atoms with Gasteiger partial charge in [-0.1, -0.05) is 28.6 Å². The molecular formula is C26H27BrF4N2O. The lowest BCUT2D eigenvalue weighted by Crippen LogP contribution is -2.51. The van der Waals surface area contributed by atoms with Crippen LogP contribution in [0.25, 0.3) is 0 Å². The van der Waals surface area contributed by atoms with Gasteiger partial charge in [0.25, 0.3) is 5.91 Å². The summed E-state index contributed by atoms with van der Waals surface area (Å²) in [6, 6.07) is 10.1. The molecule has 34 heavy (non-hydrogen) atoms. The van der Waals surface area contributed by atoms with Crippen LogP contribution < -0.4 is 4.90 Å². The Hall–Kier alpha value is -2.22. The summed E-state index contributed by atoms with van der Waals surface area (Å²) in [6.07, 6.45) is 1.54. The maximum Gasteiger partial charge on any atom is 0.417 e. The van der Waals surface area contributed by atoms with Crippen molar-refractivity contribution in [3.8, 4) is 0 Å². The molecule has 0 N–H and O–H groups in total. The molecule has 3 aliphatic carbocycles. The number of fused-ring (bicyclic) bond motifs is 3. The summed E-state index contributed by atoms with van der Waals surface area (Å²) in [5, 5.41) is 0. The van der Waals surface area contributed by atoms with E-state index in [1.807, 2.05) is 24.3 Å². The highest BCUT2D eigenvalue weighted by Crippen LogP contribution is 2.58. The molecule has 0 unspecified atom stereocenters. The summed E-state index contributed by atoms with van der Waals surface area (Å²) in [5.41, 5.74) is 0.667. The van der Waals surface area contributed by atoms with Gasteiger partial charge in [-0.3, -0.25) is 14.2 Å². The lowest BCUT2D eigenvalue weighted by atomic mass is 9.52. The van der Waals surface area contributed by atoms with Gasteiger partial charge in [0.1, 0.15) is 0 Å². The van der Waals surface area contributed by atoms with E-state index < -0.39 is 18.4 Å². The summed E-state index contributed by atoms with van der Waals surface area (Å²) >= 11 is 3.46. The number of benzene rings is 1. The molecule has 1 aromatic heterocycles. The number of aromatic nitrogens is 1. The Kier molecular flexibility index (Phi) is 6.91. The van der Waals surface area contributed by atoms with E-state index in [-0.39, 0.29) is 28.7 Å². The average molecular weight is 539 g/mol. The number of carbonyl (C=O) groups excluding carboxylic acids is 1. The Morgan fingerprint density at radius 3 is 2.29 bits per heavy atom.